The van der Waals surface area contributed by atoms with Gasteiger partial charge in [-0.3, -0.25) is 0 Å². The third kappa shape index (κ3) is 5.79. The maximum absolute atomic E-state index is 8.37. The lowest BCUT2D eigenvalue weighted by molar-refractivity contribution is 0.533. The van der Waals surface area contributed by atoms with Crippen molar-refractivity contribution in [2.75, 3.05) is 18.8 Å². The topological polar surface area (TPSA) is 27.0 Å². The zero-order chi connectivity index (χ0) is 10.8. The van der Waals surface area contributed by atoms with Crippen LogP contribution in [0.4, 0.5) is 0 Å². The van der Waals surface area contributed by atoms with Crippen LogP contribution in [0.25, 0.3) is 0 Å². The molecule has 0 rings (SSSR count). The molecule has 0 radical (unpaired) electrons. The summed E-state index contributed by atoms with van der Waals surface area (Å²) in [5.74, 6) is 0.750. The summed E-state index contributed by atoms with van der Waals surface area (Å²) in [4.78, 5) is 2.00. The normalized spacial score (nSPS) is 8.79. The Morgan fingerprint density at radius 1 is 1.43 bits per heavy atom. The third-order valence-corrected chi connectivity index (χ3v) is 2.92. The molecule has 0 saturated heterocycles. The van der Waals surface area contributed by atoms with Crippen LogP contribution in [-0.4, -0.2) is 28.1 Å². The van der Waals surface area contributed by atoms with Gasteiger partial charge < -0.3 is 4.90 Å². The molecule has 0 aliphatic heterocycles. The van der Waals surface area contributed by atoms with E-state index in [1.807, 2.05) is 4.90 Å². The quantitative estimate of drug-likeness (QED) is 0.395. The van der Waals surface area contributed by atoms with Gasteiger partial charge in [-0.25, -0.2) is 0 Å². The maximum Gasteiger partial charge on any atom is 0.136 e. The standard InChI is InChI=1S/C10H14N2S2/c1-3-7-12(8-4-2)10(13)14-9-5-6-11/h3-4H,1-2,5,7-9H2. The first kappa shape index (κ1) is 13.2. The van der Waals surface area contributed by atoms with Gasteiger partial charge in [0.15, 0.2) is 0 Å². The van der Waals surface area contributed by atoms with Crippen LogP contribution in [0.3, 0.4) is 0 Å². The van der Waals surface area contributed by atoms with Gasteiger partial charge in [0.05, 0.1) is 6.07 Å². The average Bonchev–Trinajstić information content (AvgIpc) is 2.18. The summed E-state index contributed by atoms with van der Waals surface area (Å²) >= 11 is 6.73. The fourth-order valence-electron chi connectivity index (χ4n) is 0.811. The van der Waals surface area contributed by atoms with E-state index in [0.29, 0.717) is 6.42 Å². The van der Waals surface area contributed by atoms with Gasteiger partial charge in [-0.05, 0) is 0 Å². The molecule has 14 heavy (non-hydrogen) atoms. The molecule has 0 fully saturated rings. The highest BCUT2D eigenvalue weighted by atomic mass is 32.2. The predicted molar refractivity (Wildman–Crippen MR) is 67.3 cm³/mol. The lowest BCUT2D eigenvalue weighted by atomic mass is 10.5. The Bertz CT molecular complexity index is 233. The van der Waals surface area contributed by atoms with Gasteiger partial charge in [-0.15, -0.1) is 13.2 Å². The molecule has 0 aliphatic carbocycles. The highest BCUT2D eigenvalue weighted by Gasteiger charge is 2.05. The van der Waals surface area contributed by atoms with Crippen LogP contribution >= 0.6 is 24.0 Å². The van der Waals surface area contributed by atoms with Crippen LogP contribution in [0.1, 0.15) is 6.42 Å². The first-order valence-corrected chi connectivity index (χ1v) is 5.66. The second-order valence-electron chi connectivity index (χ2n) is 2.50. The van der Waals surface area contributed by atoms with Gasteiger partial charge in [0.2, 0.25) is 0 Å². The highest BCUT2D eigenvalue weighted by molar-refractivity contribution is 8.22. The largest absolute Gasteiger partial charge is 0.350 e. The molecule has 0 heterocycles. The first-order chi connectivity index (χ1) is 6.76. The summed E-state index contributed by atoms with van der Waals surface area (Å²) in [7, 11) is 0. The molecule has 2 nitrogen and oxygen atoms in total. The molecule has 4 heteroatoms. The average molecular weight is 226 g/mol. The van der Waals surface area contributed by atoms with Crippen molar-refractivity contribution in [3.05, 3.63) is 25.3 Å². The predicted octanol–water partition coefficient (Wildman–Crippen LogP) is 2.59. The van der Waals surface area contributed by atoms with Crippen molar-refractivity contribution in [2.45, 2.75) is 6.42 Å². The molecule has 0 bridgehead atoms. The molecule has 0 saturated carbocycles. The van der Waals surface area contributed by atoms with E-state index >= 15 is 0 Å². The first-order valence-electron chi connectivity index (χ1n) is 4.26. The van der Waals surface area contributed by atoms with Crippen LogP contribution in [0.5, 0.6) is 0 Å². The lowest BCUT2D eigenvalue weighted by Crippen LogP contribution is -2.27. The number of rotatable bonds is 6. The van der Waals surface area contributed by atoms with Gasteiger partial charge in [0.1, 0.15) is 4.32 Å². The van der Waals surface area contributed by atoms with E-state index in [0.717, 1.165) is 23.2 Å². The van der Waals surface area contributed by atoms with E-state index in [2.05, 4.69) is 19.2 Å². The van der Waals surface area contributed by atoms with Crippen LogP contribution < -0.4 is 0 Å². The number of thioether (sulfide) groups is 1. The summed E-state index contributed by atoms with van der Waals surface area (Å²) in [6.45, 7) is 8.78. The smallest absolute Gasteiger partial charge is 0.136 e. The molecular weight excluding hydrogens is 212 g/mol. The molecule has 0 atom stereocenters. The van der Waals surface area contributed by atoms with Crippen molar-refractivity contribution in [3.63, 3.8) is 0 Å². The van der Waals surface area contributed by atoms with Gasteiger partial charge in [-0.1, -0.05) is 36.1 Å². The molecule has 0 aromatic heterocycles. The number of nitriles is 1. The summed E-state index contributed by atoms with van der Waals surface area (Å²) < 4.78 is 0.806. The maximum atomic E-state index is 8.37. The van der Waals surface area contributed by atoms with Crippen molar-refractivity contribution < 1.29 is 0 Å². The van der Waals surface area contributed by atoms with E-state index < -0.39 is 0 Å². The molecule has 0 aliphatic rings. The second-order valence-corrected chi connectivity index (χ2v) is 4.23. The SMILES string of the molecule is C=CCN(CC=C)C(=S)SCCC#N. The molecule has 0 unspecified atom stereocenters. The Hall–Kier alpha value is -0.790. The van der Waals surface area contributed by atoms with Crippen molar-refractivity contribution in [2.24, 2.45) is 0 Å². The lowest BCUT2D eigenvalue weighted by Gasteiger charge is -2.21. The van der Waals surface area contributed by atoms with Crippen molar-refractivity contribution >= 4 is 28.3 Å². The van der Waals surface area contributed by atoms with Crippen molar-refractivity contribution in [1.29, 1.82) is 5.26 Å². The van der Waals surface area contributed by atoms with Crippen LogP contribution in [0.2, 0.25) is 0 Å². The minimum absolute atomic E-state index is 0.529. The Labute approximate surface area is 95.3 Å². The van der Waals surface area contributed by atoms with Crippen LogP contribution in [-0.2, 0) is 0 Å². The van der Waals surface area contributed by atoms with Gasteiger partial charge in [-0.2, -0.15) is 5.26 Å². The zero-order valence-electron chi connectivity index (χ0n) is 8.11. The number of thiocarbonyl (C=S) groups is 1. The Kier molecular flexibility index (Phi) is 8.30. The van der Waals surface area contributed by atoms with Gasteiger partial charge >= 0.3 is 0 Å². The van der Waals surface area contributed by atoms with Gasteiger partial charge in [0.25, 0.3) is 0 Å². The fraction of sp³-hybridized carbons (Fsp3) is 0.400. The molecule has 0 aromatic rings. The molecular formula is C10H14N2S2. The van der Waals surface area contributed by atoms with E-state index in [4.69, 9.17) is 17.5 Å². The molecule has 76 valence electrons. The summed E-state index contributed by atoms with van der Waals surface area (Å²) in [6.07, 6.45) is 4.14. The summed E-state index contributed by atoms with van der Waals surface area (Å²) in [6, 6.07) is 2.09. The molecule has 0 spiro atoms. The van der Waals surface area contributed by atoms with Crippen molar-refractivity contribution in [3.8, 4) is 6.07 Å². The van der Waals surface area contributed by atoms with Gasteiger partial charge in [0, 0.05) is 25.3 Å². The fourth-order valence-corrected chi connectivity index (χ4v) is 1.91. The van der Waals surface area contributed by atoms with E-state index in [9.17, 15) is 0 Å². The minimum atomic E-state index is 0.529. The minimum Gasteiger partial charge on any atom is -0.350 e. The monoisotopic (exact) mass is 226 g/mol. The Balaban J connectivity index is 3.94. The van der Waals surface area contributed by atoms with E-state index in [1.165, 1.54) is 11.8 Å². The number of nitrogens with zero attached hydrogens (tertiary/aromatic N) is 2. The van der Waals surface area contributed by atoms with Crippen LogP contribution in [0, 0.1) is 11.3 Å². The Morgan fingerprint density at radius 2 is 2.00 bits per heavy atom. The molecule has 0 amide bonds. The summed E-state index contributed by atoms with van der Waals surface area (Å²) in [5, 5.41) is 8.37. The summed E-state index contributed by atoms with van der Waals surface area (Å²) in [5.41, 5.74) is 0. The zero-order valence-corrected chi connectivity index (χ0v) is 9.74. The van der Waals surface area contributed by atoms with E-state index in [-0.39, 0.29) is 0 Å². The molecule has 0 N–H and O–H groups in total. The van der Waals surface area contributed by atoms with Crippen molar-refractivity contribution in [1.82, 2.24) is 4.90 Å². The van der Waals surface area contributed by atoms with Crippen LogP contribution in [0.15, 0.2) is 25.3 Å². The second kappa shape index (κ2) is 8.79. The highest BCUT2D eigenvalue weighted by Crippen LogP contribution is 2.10. The third-order valence-electron chi connectivity index (χ3n) is 1.40. The Morgan fingerprint density at radius 3 is 2.43 bits per heavy atom. The number of hydrogen-bond acceptors (Lipinski definition) is 3. The molecule has 0 aromatic carbocycles. The van der Waals surface area contributed by atoms with E-state index in [1.54, 1.807) is 12.2 Å². The number of hydrogen-bond donors (Lipinski definition) is 0.